The first-order chi connectivity index (χ1) is 12.0. The predicted molar refractivity (Wildman–Crippen MR) is 95.7 cm³/mol. The number of methoxy groups -OCH3 is 1. The number of nitrogens with zero attached hydrogens (tertiary/aromatic N) is 1. The molecule has 2 saturated carbocycles. The quantitative estimate of drug-likeness (QED) is 0.853. The average molecular weight is 345 g/mol. The van der Waals surface area contributed by atoms with Crippen molar-refractivity contribution in [3.05, 3.63) is 24.3 Å². The van der Waals surface area contributed by atoms with Crippen molar-refractivity contribution in [2.45, 2.75) is 51.5 Å². The second-order valence-corrected chi connectivity index (χ2v) is 7.37. The van der Waals surface area contributed by atoms with Crippen LogP contribution in [0.3, 0.4) is 0 Å². The molecule has 5 heteroatoms. The molecular weight excluding hydrogens is 318 g/mol. The van der Waals surface area contributed by atoms with Crippen molar-refractivity contribution in [3.63, 3.8) is 0 Å². The molecule has 1 atom stereocenters. The molecule has 1 unspecified atom stereocenters. The molecule has 2 aliphatic carbocycles. The lowest BCUT2D eigenvalue weighted by molar-refractivity contribution is -0.144. The number of carboxylic acids is 1. The zero-order valence-corrected chi connectivity index (χ0v) is 15.0. The predicted octanol–water partition coefficient (Wildman–Crippen LogP) is 3.72. The number of aliphatic carboxylic acids is 1. The lowest BCUT2D eigenvalue weighted by Gasteiger charge is -2.35. The Morgan fingerprint density at radius 1 is 1.04 bits per heavy atom. The smallest absolute Gasteiger partial charge is 0.306 e. The molecule has 0 spiro atoms. The fourth-order valence-electron chi connectivity index (χ4n) is 3.88. The monoisotopic (exact) mass is 345 g/mol. The molecule has 0 saturated heterocycles. The number of carboxylic acid groups (broad SMARTS) is 1. The second kappa shape index (κ2) is 7.46. The topological polar surface area (TPSA) is 66.8 Å². The fraction of sp³-hybridized carbons (Fsp3) is 0.600. The zero-order valence-electron chi connectivity index (χ0n) is 15.0. The van der Waals surface area contributed by atoms with E-state index in [9.17, 15) is 9.59 Å². The molecule has 1 N–H and O–H groups in total. The van der Waals surface area contributed by atoms with Crippen molar-refractivity contribution in [2.24, 2.45) is 17.8 Å². The summed E-state index contributed by atoms with van der Waals surface area (Å²) in [6.07, 6.45) is 4.87. The number of carbonyl (C=O) groups is 2. The van der Waals surface area contributed by atoms with Crippen molar-refractivity contribution in [1.29, 1.82) is 0 Å². The highest BCUT2D eigenvalue weighted by Crippen LogP contribution is 2.39. The third-order valence-corrected chi connectivity index (χ3v) is 5.73. The van der Waals surface area contributed by atoms with Gasteiger partial charge in [0, 0.05) is 17.6 Å². The first-order valence-corrected chi connectivity index (χ1v) is 9.21. The van der Waals surface area contributed by atoms with E-state index in [1.807, 2.05) is 29.2 Å². The van der Waals surface area contributed by atoms with Crippen LogP contribution in [0.15, 0.2) is 24.3 Å². The Bertz CT molecular complexity index is 615. The SMILES string of the molecule is COc1ccc(N(C(=O)C2CCC(C(=O)O)CC2)C(C)C2CC2)cc1. The van der Waals surface area contributed by atoms with Gasteiger partial charge in [0.15, 0.2) is 0 Å². The molecule has 136 valence electrons. The van der Waals surface area contributed by atoms with E-state index in [-0.39, 0.29) is 23.8 Å². The largest absolute Gasteiger partial charge is 0.497 e. The summed E-state index contributed by atoms with van der Waals surface area (Å²) in [4.78, 5) is 26.3. The van der Waals surface area contributed by atoms with Gasteiger partial charge < -0.3 is 14.7 Å². The van der Waals surface area contributed by atoms with Crippen LogP contribution < -0.4 is 9.64 Å². The van der Waals surface area contributed by atoms with Crippen LogP contribution in [0.25, 0.3) is 0 Å². The van der Waals surface area contributed by atoms with Crippen LogP contribution >= 0.6 is 0 Å². The van der Waals surface area contributed by atoms with E-state index in [1.165, 1.54) is 12.8 Å². The van der Waals surface area contributed by atoms with E-state index < -0.39 is 5.97 Å². The number of anilines is 1. The van der Waals surface area contributed by atoms with E-state index in [4.69, 9.17) is 9.84 Å². The third-order valence-electron chi connectivity index (χ3n) is 5.73. The number of hydrogen-bond acceptors (Lipinski definition) is 3. The standard InChI is InChI=1S/C20H27NO4/c1-13(14-3-4-14)21(17-9-11-18(25-2)12-10-17)19(22)15-5-7-16(8-6-15)20(23)24/h9-16H,3-8H2,1-2H3,(H,23,24). The molecule has 0 aromatic heterocycles. The van der Waals surface area contributed by atoms with Crippen molar-refractivity contribution in [3.8, 4) is 5.75 Å². The summed E-state index contributed by atoms with van der Waals surface area (Å²) in [6.45, 7) is 2.13. The van der Waals surface area contributed by atoms with Gasteiger partial charge >= 0.3 is 5.97 Å². The summed E-state index contributed by atoms with van der Waals surface area (Å²) < 4.78 is 5.22. The van der Waals surface area contributed by atoms with Gasteiger partial charge in [-0.3, -0.25) is 9.59 Å². The molecule has 25 heavy (non-hydrogen) atoms. The molecule has 3 rings (SSSR count). The Hall–Kier alpha value is -2.04. The van der Waals surface area contributed by atoms with Crippen molar-refractivity contribution in [2.75, 3.05) is 12.0 Å². The number of ether oxygens (including phenoxy) is 1. The lowest BCUT2D eigenvalue weighted by atomic mass is 9.81. The van der Waals surface area contributed by atoms with Gasteiger partial charge in [0.2, 0.25) is 5.91 Å². The first kappa shape index (κ1) is 17.8. The van der Waals surface area contributed by atoms with Crippen LogP contribution in [0.4, 0.5) is 5.69 Å². The highest BCUT2D eigenvalue weighted by Gasteiger charge is 2.39. The highest BCUT2D eigenvalue weighted by molar-refractivity contribution is 5.96. The number of amides is 1. The normalized spacial score (nSPS) is 24.4. The number of hydrogen-bond donors (Lipinski definition) is 1. The van der Waals surface area contributed by atoms with Gasteiger partial charge in [0.05, 0.1) is 13.0 Å². The number of benzene rings is 1. The molecule has 5 nitrogen and oxygen atoms in total. The van der Waals surface area contributed by atoms with Gasteiger partial charge in [-0.05, 0) is 75.6 Å². The fourth-order valence-corrected chi connectivity index (χ4v) is 3.88. The molecule has 0 bridgehead atoms. The molecule has 2 aliphatic rings. The molecular formula is C20H27NO4. The maximum Gasteiger partial charge on any atom is 0.306 e. The molecule has 2 fully saturated rings. The number of carbonyl (C=O) groups excluding carboxylic acids is 1. The summed E-state index contributed by atoms with van der Waals surface area (Å²) >= 11 is 0. The van der Waals surface area contributed by atoms with Crippen LogP contribution in [0.5, 0.6) is 5.75 Å². The third kappa shape index (κ3) is 3.97. The summed E-state index contributed by atoms with van der Waals surface area (Å²) in [5, 5.41) is 9.16. The van der Waals surface area contributed by atoms with E-state index in [1.54, 1.807) is 7.11 Å². The first-order valence-electron chi connectivity index (χ1n) is 9.21. The van der Waals surface area contributed by atoms with Crippen LogP contribution in [0.2, 0.25) is 0 Å². The van der Waals surface area contributed by atoms with Gasteiger partial charge in [-0.15, -0.1) is 0 Å². The Morgan fingerprint density at radius 2 is 1.60 bits per heavy atom. The maximum absolute atomic E-state index is 13.3. The van der Waals surface area contributed by atoms with Gasteiger partial charge in [-0.25, -0.2) is 0 Å². The minimum Gasteiger partial charge on any atom is -0.497 e. The zero-order chi connectivity index (χ0) is 18.0. The van der Waals surface area contributed by atoms with Gasteiger partial charge in [0.25, 0.3) is 0 Å². The minimum atomic E-state index is -0.732. The van der Waals surface area contributed by atoms with Crippen LogP contribution in [0.1, 0.15) is 45.4 Å². The van der Waals surface area contributed by atoms with Gasteiger partial charge in [-0.1, -0.05) is 0 Å². The molecule has 1 aromatic rings. The summed E-state index contributed by atoms with van der Waals surface area (Å²) in [7, 11) is 1.63. The Labute approximate surface area is 149 Å². The lowest BCUT2D eigenvalue weighted by Crippen LogP contribution is -2.44. The molecule has 0 heterocycles. The molecule has 0 aliphatic heterocycles. The second-order valence-electron chi connectivity index (χ2n) is 7.37. The van der Waals surface area contributed by atoms with Gasteiger partial charge in [0.1, 0.15) is 5.75 Å². The van der Waals surface area contributed by atoms with Crippen molar-refractivity contribution in [1.82, 2.24) is 0 Å². The molecule has 0 radical (unpaired) electrons. The minimum absolute atomic E-state index is 0.0705. The van der Waals surface area contributed by atoms with Crippen LogP contribution in [0, 0.1) is 17.8 Å². The van der Waals surface area contributed by atoms with Crippen LogP contribution in [-0.4, -0.2) is 30.1 Å². The summed E-state index contributed by atoms with van der Waals surface area (Å²) in [6, 6.07) is 7.84. The van der Waals surface area contributed by atoms with Crippen LogP contribution in [-0.2, 0) is 9.59 Å². The Balaban J connectivity index is 1.76. The summed E-state index contributed by atoms with van der Waals surface area (Å²) in [5.74, 6) is 0.398. The maximum atomic E-state index is 13.3. The van der Waals surface area contributed by atoms with Gasteiger partial charge in [-0.2, -0.15) is 0 Å². The van der Waals surface area contributed by atoms with Crippen molar-refractivity contribution >= 4 is 17.6 Å². The van der Waals surface area contributed by atoms with E-state index >= 15 is 0 Å². The van der Waals surface area contributed by atoms with E-state index in [0.29, 0.717) is 31.6 Å². The summed E-state index contributed by atoms with van der Waals surface area (Å²) in [5.41, 5.74) is 0.908. The van der Waals surface area contributed by atoms with E-state index in [2.05, 4.69) is 6.92 Å². The molecule has 1 amide bonds. The molecule has 1 aromatic carbocycles. The Morgan fingerprint density at radius 3 is 2.08 bits per heavy atom. The van der Waals surface area contributed by atoms with Crippen molar-refractivity contribution < 1.29 is 19.4 Å². The highest BCUT2D eigenvalue weighted by atomic mass is 16.5. The number of rotatable bonds is 6. The average Bonchev–Trinajstić information content (AvgIpc) is 3.47. The Kier molecular flexibility index (Phi) is 5.30. The van der Waals surface area contributed by atoms with E-state index in [0.717, 1.165) is 11.4 Å².